The summed E-state index contributed by atoms with van der Waals surface area (Å²) in [6, 6.07) is 0.754. The summed E-state index contributed by atoms with van der Waals surface area (Å²) in [7, 11) is 2.15. The summed E-state index contributed by atoms with van der Waals surface area (Å²) < 4.78 is 0. The molecule has 4 atom stereocenters. The highest BCUT2D eigenvalue weighted by Crippen LogP contribution is 2.41. The number of hydrogen-bond donors (Lipinski definition) is 1. The predicted molar refractivity (Wildman–Crippen MR) is 74.0 cm³/mol. The Morgan fingerprint density at radius 3 is 2.38 bits per heavy atom. The van der Waals surface area contributed by atoms with Crippen LogP contribution >= 0.6 is 11.8 Å². The third kappa shape index (κ3) is 2.95. The molecule has 4 unspecified atom stereocenters. The topological polar surface area (TPSA) is 12.0 Å². The monoisotopic (exact) mass is 241 g/mol. The van der Waals surface area contributed by atoms with E-state index in [-0.39, 0.29) is 0 Å². The van der Waals surface area contributed by atoms with Gasteiger partial charge in [0.15, 0.2) is 0 Å². The van der Waals surface area contributed by atoms with E-state index in [1.165, 1.54) is 38.5 Å². The molecule has 1 nitrogen and oxygen atoms in total. The van der Waals surface area contributed by atoms with Crippen molar-refractivity contribution in [1.82, 2.24) is 5.32 Å². The molecule has 0 amide bonds. The van der Waals surface area contributed by atoms with Crippen molar-refractivity contribution < 1.29 is 0 Å². The fraction of sp³-hybridized carbons (Fsp3) is 1.00. The summed E-state index contributed by atoms with van der Waals surface area (Å²) in [5, 5.41) is 5.40. The van der Waals surface area contributed by atoms with Crippen LogP contribution in [0.2, 0.25) is 0 Å². The normalized spacial score (nSPS) is 41.4. The minimum Gasteiger partial charge on any atom is -0.316 e. The number of thioether (sulfide) groups is 1. The molecule has 2 rings (SSSR count). The third-order valence-electron chi connectivity index (χ3n) is 4.41. The lowest BCUT2D eigenvalue weighted by Gasteiger charge is -2.40. The van der Waals surface area contributed by atoms with Crippen LogP contribution in [0.25, 0.3) is 0 Å². The summed E-state index contributed by atoms with van der Waals surface area (Å²) in [5.41, 5.74) is 0. The lowest BCUT2D eigenvalue weighted by atomic mass is 9.80. The highest BCUT2D eigenvalue weighted by Gasteiger charge is 2.35. The third-order valence-corrected chi connectivity index (χ3v) is 6.37. The molecular formula is C14H27NS. The Labute approximate surface area is 105 Å². The van der Waals surface area contributed by atoms with Crippen LogP contribution in [0.1, 0.15) is 52.4 Å². The van der Waals surface area contributed by atoms with Crippen molar-refractivity contribution in [1.29, 1.82) is 0 Å². The van der Waals surface area contributed by atoms with E-state index in [0.29, 0.717) is 0 Å². The van der Waals surface area contributed by atoms with Gasteiger partial charge in [-0.15, -0.1) is 0 Å². The van der Waals surface area contributed by atoms with Crippen LogP contribution in [0.5, 0.6) is 0 Å². The van der Waals surface area contributed by atoms with Gasteiger partial charge in [-0.2, -0.15) is 11.8 Å². The number of hydrogen-bond acceptors (Lipinski definition) is 2. The average molecular weight is 241 g/mol. The van der Waals surface area contributed by atoms with Gasteiger partial charge in [-0.3, -0.25) is 0 Å². The molecule has 0 aromatic rings. The van der Waals surface area contributed by atoms with Crippen molar-refractivity contribution in [3.05, 3.63) is 0 Å². The molecule has 0 aromatic carbocycles. The first-order valence-electron chi connectivity index (χ1n) is 7.03. The van der Waals surface area contributed by atoms with Crippen LogP contribution < -0.4 is 5.32 Å². The predicted octanol–water partition coefficient (Wildman–Crippen LogP) is 3.68. The van der Waals surface area contributed by atoms with E-state index < -0.39 is 0 Å². The van der Waals surface area contributed by atoms with Gasteiger partial charge in [-0.25, -0.2) is 0 Å². The maximum Gasteiger partial charge on any atom is 0.0229 e. The Morgan fingerprint density at radius 1 is 1.06 bits per heavy atom. The van der Waals surface area contributed by atoms with Gasteiger partial charge in [-0.05, 0) is 44.6 Å². The molecule has 0 aromatic heterocycles. The zero-order valence-electron chi connectivity index (χ0n) is 11.0. The lowest BCUT2D eigenvalue weighted by molar-refractivity contribution is 0.256. The van der Waals surface area contributed by atoms with Gasteiger partial charge < -0.3 is 5.32 Å². The van der Waals surface area contributed by atoms with Gasteiger partial charge in [-0.1, -0.05) is 26.7 Å². The van der Waals surface area contributed by atoms with Gasteiger partial charge in [0.1, 0.15) is 0 Å². The highest BCUT2D eigenvalue weighted by atomic mass is 32.2. The van der Waals surface area contributed by atoms with Crippen LogP contribution in [-0.2, 0) is 0 Å². The van der Waals surface area contributed by atoms with E-state index in [1.807, 2.05) is 0 Å². The first kappa shape index (κ1) is 12.8. The van der Waals surface area contributed by atoms with E-state index in [1.54, 1.807) is 0 Å². The second-order valence-electron chi connectivity index (χ2n) is 5.96. The van der Waals surface area contributed by atoms with Gasteiger partial charge in [0.2, 0.25) is 0 Å². The van der Waals surface area contributed by atoms with Gasteiger partial charge in [0, 0.05) is 16.5 Å². The van der Waals surface area contributed by atoms with Crippen LogP contribution in [-0.4, -0.2) is 23.6 Å². The molecule has 0 aliphatic heterocycles. The zero-order valence-corrected chi connectivity index (χ0v) is 11.9. The number of nitrogens with one attached hydrogen (secondary N) is 1. The van der Waals surface area contributed by atoms with E-state index in [9.17, 15) is 0 Å². The summed E-state index contributed by atoms with van der Waals surface area (Å²) in [6.07, 6.45) is 8.70. The fourth-order valence-corrected chi connectivity index (χ4v) is 5.45. The second kappa shape index (κ2) is 5.77. The summed E-state index contributed by atoms with van der Waals surface area (Å²) >= 11 is 2.31. The molecule has 0 saturated heterocycles. The minimum absolute atomic E-state index is 0.754. The summed E-state index contributed by atoms with van der Waals surface area (Å²) in [6.45, 7) is 4.88. The van der Waals surface area contributed by atoms with Crippen molar-refractivity contribution in [2.75, 3.05) is 7.05 Å². The van der Waals surface area contributed by atoms with Crippen LogP contribution in [0.3, 0.4) is 0 Å². The molecule has 0 heterocycles. The molecule has 2 fully saturated rings. The lowest BCUT2D eigenvalue weighted by Crippen LogP contribution is -2.45. The maximum atomic E-state index is 3.57. The summed E-state index contributed by atoms with van der Waals surface area (Å²) in [5.74, 6) is 1.81. The van der Waals surface area contributed by atoms with Crippen LogP contribution in [0.4, 0.5) is 0 Å². The van der Waals surface area contributed by atoms with Crippen molar-refractivity contribution in [2.45, 2.75) is 68.9 Å². The molecule has 2 aliphatic carbocycles. The highest BCUT2D eigenvalue weighted by molar-refractivity contribution is 8.00. The first-order valence-corrected chi connectivity index (χ1v) is 7.97. The Kier molecular flexibility index (Phi) is 4.60. The summed E-state index contributed by atoms with van der Waals surface area (Å²) in [4.78, 5) is 0. The molecule has 0 radical (unpaired) electrons. The van der Waals surface area contributed by atoms with Crippen molar-refractivity contribution in [2.24, 2.45) is 11.8 Å². The molecule has 0 bridgehead atoms. The van der Waals surface area contributed by atoms with Gasteiger partial charge in [0.25, 0.3) is 0 Å². The van der Waals surface area contributed by atoms with Gasteiger partial charge >= 0.3 is 0 Å². The Bertz CT molecular complexity index is 213. The quantitative estimate of drug-likeness (QED) is 0.809. The Hall–Kier alpha value is 0.310. The first-order chi connectivity index (χ1) is 7.70. The fourth-order valence-electron chi connectivity index (χ4n) is 3.59. The molecule has 2 heteroatoms. The van der Waals surface area contributed by atoms with Crippen LogP contribution in [0.15, 0.2) is 0 Å². The van der Waals surface area contributed by atoms with E-state index in [2.05, 4.69) is 38.0 Å². The van der Waals surface area contributed by atoms with Crippen molar-refractivity contribution >= 4 is 11.8 Å². The van der Waals surface area contributed by atoms with Crippen LogP contribution in [0, 0.1) is 11.8 Å². The smallest absolute Gasteiger partial charge is 0.0229 e. The average Bonchev–Trinajstić information content (AvgIpc) is 2.74. The molecule has 94 valence electrons. The molecule has 16 heavy (non-hydrogen) atoms. The molecule has 1 N–H and O–H groups in total. The minimum atomic E-state index is 0.754. The molecule has 0 spiro atoms. The second-order valence-corrected chi connectivity index (χ2v) is 7.44. The maximum absolute atomic E-state index is 3.57. The SMILES string of the molecule is CNC1CC(C)CC(C)C1SC1CCCC1. The van der Waals surface area contributed by atoms with Gasteiger partial charge in [0.05, 0.1) is 0 Å². The zero-order chi connectivity index (χ0) is 11.5. The van der Waals surface area contributed by atoms with E-state index in [0.717, 1.165) is 28.4 Å². The standard InChI is InChI=1S/C14H27NS/c1-10-8-11(2)14(13(9-10)15-3)16-12-6-4-5-7-12/h10-15H,4-9H2,1-3H3. The molecular weight excluding hydrogens is 214 g/mol. The Morgan fingerprint density at radius 2 is 1.75 bits per heavy atom. The molecule has 2 aliphatic rings. The van der Waals surface area contributed by atoms with Crippen molar-refractivity contribution in [3.63, 3.8) is 0 Å². The van der Waals surface area contributed by atoms with E-state index in [4.69, 9.17) is 0 Å². The van der Waals surface area contributed by atoms with E-state index >= 15 is 0 Å². The molecule has 2 saturated carbocycles. The largest absolute Gasteiger partial charge is 0.316 e. The Balaban J connectivity index is 1.93. The number of rotatable bonds is 3. The van der Waals surface area contributed by atoms with Crippen molar-refractivity contribution in [3.8, 4) is 0 Å².